The van der Waals surface area contributed by atoms with Crippen LogP contribution in [0.3, 0.4) is 0 Å². The molecule has 1 N–H and O–H groups in total. The Balaban J connectivity index is 1.62. The van der Waals surface area contributed by atoms with Crippen molar-refractivity contribution in [2.45, 2.75) is 19.4 Å². The van der Waals surface area contributed by atoms with Crippen molar-refractivity contribution in [3.05, 3.63) is 24.2 Å². The van der Waals surface area contributed by atoms with Gasteiger partial charge in [0.05, 0.1) is 12.9 Å². The largest absolute Gasteiger partial charge is 0.467 e. The molecule has 0 atom stereocenters. The second-order valence-corrected chi connectivity index (χ2v) is 3.79. The number of rotatable bonds is 4. The molecule has 0 amide bonds. The van der Waals surface area contributed by atoms with Gasteiger partial charge in [-0.1, -0.05) is 0 Å². The van der Waals surface area contributed by atoms with E-state index in [4.69, 9.17) is 9.15 Å². The molecule has 0 saturated carbocycles. The molecule has 14 heavy (non-hydrogen) atoms. The molecular weight excluding hydrogens is 178 g/mol. The first kappa shape index (κ1) is 9.74. The van der Waals surface area contributed by atoms with Crippen LogP contribution >= 0.6 is 0 Å². The summed E-state index contributed by atoms with van der Waals surface area (Å²) in [5, 5.41) is 3.34. The molecule has 0 radical (unpaired) electrons. The molecule has 1 aromatic rings. The molecule has 0 aromatic carbocycles. The molecule has 1 saturated heterocycles. The van der Waals surface area contributed by atoms with Crippen molar-refractivity contribution in [1.82, 2.24) is 5.32 Å². The molecule has 2 heterocycles. The first-order valence-electron chi connectivity index (χ1n) is 5.26. The monoisotopic (exact) mass is 195 g/mol. The van der Waals surface area contributed by atoms with Crippen LogP contribution in [0.15, 0.2) is 22.8 Å². The molecule has 0 spiro atoms. The van der Waals surface area contributed by atoms with Crippen molar-refractivity contribution in [3.8, 4) is 0 Å². The highest BCUT2D eigenvalue weighted by Crippen LogP contribution is 2.12. The summed E-state index contributed by atoms with van der Waals surface area (Å²) in [5.74, 6) is 1.64. The maximum Gasteiger partial charge on any atom is 0.129 e. The van der Waals surface area contributed by atoms with Crippen molar-refractivity contribution in [2.75, 3.05) is 19.7 Å². The highest BCUT2D eigenvalue weighted by Gasteiger charge is 2.12. The van der Waals surface area contributed by atoms with Crippen molar-refractivity contribution >= 4 is 0 Å². The van der Waals surface area contributed by atoms with Gasteiger partial charge in [0.1, 0.15) is 12.4 Å². The minimum absolute atomic E-state index is 0.608. The lowest BCUT2D eigenvalue weighted by Crippen LogP contribution is -2.29. The zero-order valence-electron chi connectivity index (χ0n) is 8.37. The van der Waals surface area contributed by atoms with Crippen LogP contribution in [0.25, 0.3) is 0 Å². The maximum absolute atomic E-state index is 5.60. The van der Waals surface area contributed by atoms with Gasteiger partial charge in [-0.15, -0.1) is 0 Å². The van der Waals surface area contributed by atoms with Crippen LogP contribution in [-0.4, -0.2) is 19.7 Å². The predicted octanol–water partition coefficient (Wildman–Crippen LogP) is 1.80. The first-order chi connectivity index (χ1) is 6.95. The molecule has 3 nitrogen and oxygen atoms in total. The summed E-state index contributed by atoms with van der Waals surface area (Å²) >= 11 is 0. The van der Waals surface area contributed by atoms with E-state index >= 15 is 0 Å². The van der Waals surface area contributed by atoms with Gasteiger partial charge in [0, 0.05) is 0 Å². The number of piperidine rings is 1. The van der Waals surface area contributed by atoms with Crippen molar-refractivity contribution in [1.29, 1.82) is 0 Å². The maximum atomic E-state index is 5.60. The van der Waals surface area contributed by atoms with E-state index < -0.39 is 0 Å². The van der Waals surface area contributed by atoms with Crippen molar-refractivity contribution in [2.24, 2.45) is 5.92 Å². The number of furan rings is 1. The minimum atomic E-state index is 0.608. The van der Waals surface area contributed by atoms with Gasteiger partial charge < -0.3 is 14.5 Å². The van der Waals surface area contributed by atoms with E-state index in [1.165, 1.54) is 12.8 Å². The minimum Gasteiger partial charge on any atom is -0.467 e. The van der Waals surface area contributed by atoms with Gasteiger partial charge in [0.25, 0.3) is 0 Å². The molecule has 2 rings (SSSR count). The van der Waals surface area contributed by atoms with Gasteiger partial charge in [-0.05, 0) is 44.0 Å². The van der Waals surface area contributed by atoms with E-state index in [-0.39, 0.29) is 0 Å². The van der Waals surface area contributed by atoms with Crippen LogP contribution in [0, 0.1) is 5.92 Å². The molecular formula is C11H17NO2. The van der Waals surface area contributed by atoms with Crippen molar-refractivity contribution in [3.63, 3.8) is 0 Å². The van der Waals surface area contributed by atoms with Crippen LogP contribution < -0.4 is 5.32 Å². The summed E-state index contributed by atoms with van der Waals surface area (Å²) in [4.78, 5) is 0. The summed E-state index contributed by atoms with van der Waals surface area (Å²) < 4.78 is 10.8. The van der Waals surface area contributed by atoms with Crippen molar-refractivity contribution < 1.29 is 9.15 Å². The summed E-state index contributed by atoms with van der Waals surface area (Å²) in [7, 11) is 0. The molecule has 1 aliphatic heterocycles. The summed E-state index contributed by atoms with van der Waals surface area (Å²) in [6, 6.07) is 3.84. The standard InChI is InChI=1S/C11H17NO2/c1-2-11(14-7-1)9-13-8-10-3-5-12-6-4-10/h1-2,7,10,12H,3-6,8-9H2. The molecule has 78 valence electrons. The average Bonchev–Trinajstić information content (AvgIpc) is 2.72. The van der Waals surface area contributed by atoms with Crippen LogP contribution in [0.4, 0.5) is 0 Å². The van der Waals surface area contributed by atoms with Gasteiger partial charge in [-0.2, -0.15) is 0 Å². The number of ether oxygens (including phenoxy) is 1. The molecule has 0 unspecified atom stereocenters. The summed E-state index contributed by atoms with van der Waals surface area (Å²) in [6.07, 6.45) is 4.15. The summed E-state index contributed by atoms with van der Waals surface area (Å²) in [5.41, 5.74) is 0. The Morgan fingerprint density at radius 2 is 2.29 bits per heavy atom. The third kappa shape index (κ3) is 2.86. The molecule has 1 aromatic heterocycles. The second kappa shape index (κ2) is 5.17. The van der Waals surface area contributed by atoms with Crippen LogP contribution in [0.2, 0.25) is 0 Å². The van der Waals surface area contributed by atoms with Crippen LogP contribution in [-0.2, 0) is 11.3 Å². The fourth-order valence-electron chi connectivity index (χ4n) is 1.77. The lowest BCUT2D eigenvalue weighted by atomic mass is 9.99. The van der Waals surface area contributed by atoms with Gasteiger partial charge in [0.15, 0.2) is 0 Å². The zero-order valence-corrected chi connectivity index (χ0v) is 8.37. The van der Waals surface area contributed by atoms with Crippen LogP contribution in [0.5, 0.6) is 0 Å². The Morgan fingerprint density at radius 3 is 3.00 bits per heavy atom. The topological polar surface area (TPSA) is 34.4 Å². The van der Waals surface area contributed by atoms with E-state index in [0.29, 0.717) is 6.61 Å². The molecule has 0 aliphatic carbocycles. The Hall–Kier alpha value is -0.800. The van der Waals surface area contributed by atoms with E-state index in [1.54, 1.807) is 6.26 Å². The first-order valence-corrected chi connectivity index (χ1v) is 5.26. The zero-order chi connectivity index (χ0) is 9.64. The van der Waals surface area contributed by atoms with E-state index in [9.17, 15) is 0 Å². The quantitative estimate of drug-likeness (QED) is 0.795. The predicted molar refractivity (Wildman–Crippen MR) is 54.0 cm³/mol. The van der Waals surface area contributed by atoms with E-state index in [0.717, 1.165) is 31.4 Å². The average molecular weight is 195 g/mol. The number of nitrogens with one attached hydrogen (secondary N) is 1. The lowest BCUT2D eigenvalue weighted by molar-refractivity contribution is 0.0659. The number of hydrogen-bond acceptors (Lipinski definition) is 3. The third-order valence-electron chi connectivity index (χ3n) is 2.64. The fourth-order valence-corrected chi connectivity index (χ4v) is 1.77. The Kier molecular flexibility index (Phi) is 3.60. The molecule has 1 fully saturated rings. The highest BCUT2D eigenvalue weighted by atomic mass is 16.5. The lowest BCUT2D eigenvalue weighted by Gasteiger charge is -2.21. The fraction of sp³-hybridized carbons (Fsp3) is 0.636. The molecule has 3 heteroatoms. The smallest absolute Gasteiger partial charge is 0.129 e. The van der Waals surface area contributed by atoms with Gasteiger partial charge >= 0.3 is 0 Å². The third-order valence-corrected chi connectivity index (χ3v) is 2.64. The van der Waals surface area contributed by atoms with Crippen LogP contribution in [0.1, 0.15) is 18.6 Å². The van der Waals surface area contributed by atoms with Gasteiger partial charge in [-0.3, -0.25) is 0 Å². The Labute approximate surface area is 84.4 Å². The van der Waals surface area contributed by atoms with E-state index in [2.05, 4.69) is 5.32 Å². The van der Waals surface area contributed by atoms with Gasteiger partial charge in [0.2, 0.25) is 0 Å². The number of hydrogen-bond donors (Lipinski definition) is 1. The SMILES string of the molecule is c1coc(COCC2CCNCC2)c1. The summed E-state index contributed by atoms with van der Waals surface area (Å²) in [6.45, 7) is 3.74. The Bertz CT molecular complexity index is 240. The highest BCUT2D eigenvalue weighted by molar-refractivity contribution is 4.96. The normalized spacial score (nSPS) is 18.6. The van der Waals surface area contributed by atoms with Gasteiger partial charge in [-0.25, -0.2) is 0 Å². The molecule has 1 aliphatic rings. The Morgan fingerprint density at radius 1 is 1.43 bits per heavy atom. The second-order valence-electron chi connectivity index (χ2n) is 3.79. The molecule has 0 bridgehead atoms. The van der Waals surface area contributed by atoms with E-state index in [1.807, 2.05) is 12.1 Å².